The van der Waals surface area contributed by atoms with Crippen LogP contribution in [0.25, 0.3) is 11.1 Å². The number of rotatable bonds is 8. The molecule has 3 rings (SSSR count). The van der Waals surface area contributed by atoms with Crippen LogP contribution in [0, 0.1) is 0 Å². The van der Waals surface area contributed by atoms with Gasteiger partial charge in [0.25, 0.3) is 0 Å². The molecular weight excluding hydrogens is 336 g/mol. The van der Waals surface area contributed by atoms with Crippen LogP contribution in [0.3, 0.4) is 0 Å². The van der Waals surface area contributed by atoms with Crippen molar-refractivity contribution in [2.45, 2.75) is 45.4 Å². The van der Waals surface area contributed by atoms with Crippen LogP contribution in [0.2, 0.25) is 5.02 Å². The summed E-state index contributed by atoms with van der Waals surface area (Å²) in [5.74, 6) is 0. The predicted molar refractivity (Wildman–Crippen MR) is 114 cm³/mol. The fourth-order valence-corrected chi connectivity index (χ4v) is 3.37. The maximum Gasteiger partial charge on any atom is 0.0406 e. The quantitative estimate of drug-likeness (QED) is 0.363. The van der Waals surface area contributed by atoms with Gasteiger partial charge in [0.2, 0.25) is 0 Å². The van der Waals surface area contributed by atoms with Gasteiger partial charge in [0.1, 0.15) is 0 Å². The molecule has 0 N–H and O–H groups in total. The SMILES string of the molecule is CCCCCc1ccc(-c2ccc(CCc3ccc(Cl)cc3)cc2)cc1. The van der Waals surface area contributed by atoms with E-state index in [0.29, 0.717) is 0 Å². The van der Waals surface area contributed by atoms with Crippen LogP contribution in [0.5, 0.6) is 0 Å². The van der Waals surface area contributed by atoms with E-state index in [1.165, 1.54) is 53.5 Å². The molecule has 1 heteroatoms. The van der Waals surface area contributed by atoms with Crippen LogP contribution >= 0.6 is 11.6 Å². The second kappa shape index (κ2) is 9.59. The van der Waals surface area contributed by atoms with Crippen molar-refractivity contribution in [1.82, 2.24) is 0 Å². The van der Waals surface area contributed by atoms with E-state index in [2.05, 4.69) is 67.6 Å². The highest BCUT2D eigenvalue weighted by Gasteiger charge is 2.01. The molecule has 134 valence electrons. The molecule has 0 radical (unpaired) electrons. The molecule has 0 aliphatic rings. The van der Waals surface area contributed by atoms with Crippen molar-refractivity contribution in [2.24, 2.45) is 0 Å². The largest absolute Gasteiger partial charge is 0.0843 e. The van der Waals surface area contributed by atoms with Crippen molar-refractivity contribution in [3.8, 4) is 11.1 Å². The summed E-state index contributed by atoms with van der Waals surface area (Å²) in [6, 6.07) is 26.2. The van der Waals surface area contributed by atoms with E-state index in [4.69, 9.17) is 11.6 Å². The average Bonchev–Trinajstić information content (AvgIpc) is 2.69. The number of aryl methyl sites for hydroxylation is 3. The Hall–Kier alpha value is -2.05. The van der Waals surface area contributed by atoms with Gasteiger partial charge in [-0.25, -0.2) is 0 Å². The minimum Gasteiger partial charge on any atom is -0.0843 e. The molecule has 3 aromatic carbocycles. The molecule has 0 atom stereocenters. The molecule has 0 bridgehead atoms. The van der Waals surface area contributed by atoms with Crippen LogP contribution in [-0.2, 0) is 19.3 Å². The monoisotopic (exact) mass is 362 g/mol. The lowest BCUT2D eigenvalue weighted by Crippen LogP contribution is -1.91. The first-order valence-corrected chi connectivity index (χ1v) is 10.0. The molecule has 0 saturated heterocycles. The third-order valence-electron chi connectivity index (χ3n) is 4.93. The minimum atomic E-state index is 0.800. The van der Waals surface area contributed by atoms with Gasteiger partial charge in [-0.2, -0.15) is 0 Å². The lowest BCUT2D eigenvalue weighted by molar-refractivity contribution is 0.717. The van der Waals surface area contributed by atoms with Crippen LogP contribution in [0.1, 0.15) is 42.9 Å². The molecule has 0 amide bonds. The van der Waals surface area contributed by atoms with Crippen molar-refractivity contribution in [2.75, 3.05) is 0 Å². The van der Waals surface area contributed by atoms with Crippen molar-refractivity contribution in [1.29, 1.82) is 0 Å². The molecule has 0 aliphatic heterocycles. The lowest BCUT2D eigenvalue weighted by atomic mass is 9.99. The van der Waals surface area contributed by atoms with Crippen molar-refractivity contribution < 1.29 is 0 Å². The first-order valence-electron chi connectivity index (χ1n) is 9.67. The van der Waals surface area contributed by atoms with Gasteiger partial charge in [-0.15, -0.1) is 0 Å². The smallest absolute Gasteiger partial charge is 0.0406 e. The number of halogens is 1. The van der Waals surface area contributed by atoms with E-state index in [1.54, 1.807) is 0 Å². The molecule has 0 spiro atoms. The van der Waals surface area contributed by atoms with E-state index >= 15 is 0 Å². The Morgan fingerprint density at radius 3 is 1.42 bits per heavy atom. The molecule has 3 aromatic rings. The van der Waals surface area contributed by atoms with Crippen LogP contribution in [0.15, 0.2) is 72.8 Å². The van der Waals surface area contributed by atoms with E-state index in [9.17, 15) is 0 Å². The Kier molecular flexibility index (Phi) is 6.91. The zero-order chi connectivity index (χ0) is 18.2. The lowest BCUT2D eigenvalue weighted by Gasteiger charge is -2.07. The third kappa shape index (κ3) is 5.47. The second-order valence-corrected chi connectivity index (χ2v) is 7.41. The fraction of sp³-hybridized carbons (Fsp3) is 0.280. The fourth-order valence-electron chi connectivity index (χ4n) is 3.25. The summed E-state index contributed by atoms with van der Waals surface area (Å²) in [5.41, 5.74) is 6.74. The van der Waals surface area contributed by atoms with E-state index in [1.807, 2.05) is 12.1 Å². The highest BCUT2D eigenvalue weighted by molar-refractivity contribution is 6.30. The molecule has 0 aromatic heterocycles. The zero-order valence-electron chi connectivity index (χ0n) is 15.5. The van der Waals surface area contributed by atoms with Gasteiger partial charge in [0, 0.05) is 5.02 Å². The summed E-state index contributed by atoms with van der Waals surface area (Å²) in [5, 5.41) is 0.800. The third-order valence-corrected chi connectivity index (χ3v) is 5.18. The van der Waals surface area contributed by atoms with Crippen molar-refractivity contribution >= 4 is 11.6 Å². The molecule has 26 heavy (non-hydrogen) atoms. The molecule has 0 aliphatic carbocycles. The Morgan fingerprint density at radius 2 is 0.962 bits per heavy atom. The first kappa shape index (κ1) is 18.7. The van der Waals surface area contributed by atoms with Gasteiger partial charge in [-0.1, -0.05) is 92.0 Å². The minimum absolute atomic E-state index is 0.800. The van der Waals surface area contributed by atoms with Crippen LogP contribution < -0.4 is 0 Å². The summed E-state index contributed by atoms with van der Waals surface area (Å²) in [7, 11) is 0. The summed E-state index contributed by atoms with van der Waals surface area (Å²) in [4.78, 5) is 0. The highest BCUT2D eigenvalue weighted by Crippen LogP contribution is 2.22. The van der Waals surface area contributed by atoms with E-state index in [0.717, 1.165) is 17.9 Å². The summed E-state index contributed by atoms with van der Waals surface area (Å²) < 4.78 is 0. The first-order chi connectivity index (χ1) is 12.7. The summed E-state index contributed by atoms with van der Waals surface area (Å²) in [6.45, 7) is 2.25. The Bertz CT molecular complexity index is 783. The van der Waals surface area contributed by atoms with Crippen molar-refractivity contribution in [3.63, 3.8) is 0 Å². The van der Waals surface area contributed by atoms with Gasteiger partial charge >= 0.3 is 0 Å². The normalized spacial score (nSPS) is 10.8. The molecule has 0 unspecified atom stereocenters. The van der Waals surface area contributed by atoms with Gasteiger partial charge < -0.3 is 0 Å². The molecule has 0 nitrogen and oxygen atoms in total. The van der Waals surface area contributed by atoms with Gasteiger partial charge in [0.05, 0.1) is 0 Å². The summed E-state index contributed by atoms with van der Waals surface area (Å²) >= 11 is 5.95. The summed E-state index contributed by atoms with van der Waals surface area (Å²) in [6.07, 6.45) is 7.18. The van der Waals surface area contributed by atoms with Gasteiger partial charge in [0.15, 0.2) is 0 Å². The Labute approximate surface area is 162 Å². The van der Waals surface area contributed by atoms with Gasteiger partial charge in [-0.05, 0) is 65.6 Å². The second-order valence-electron chi connectivity index (χ2n) is 6.98. The van der Waals surface area contributed by atoms with Crippen LogP contribution in [0.4, 0.5) is 0 Å². The number of hydrogen-bond donors (Lipinski definition) is 0. The Morgan fingerprint density at radius 1 is 0.538 bits per heavy atom. The van der Waals surface area contributed by atoms with Crippen LogP contribution in [-0.4, -0.2) is 0 Å². The maximum absolute atomic E-state index is 5.95. The average molecular weight is 363 g/mol. The topological polar surface area (TPSA) is 0 Å². The molecular formula is C25H27Cl. The maximum atomic E-state index is 5.95. The molecule has 0 saturated carbocycles. The van der Waals surface area contributed by atoms with E-state index < -0.39 is 0 Å². The molecule has 0 heterocycles. The number of benzene rings is 3. The predicted octanol–water partition coefficient (Wildman–Crippen LogP) is 7.52. The Balaban J connectivity index is 1.57. The highest BCUT2D eigenvalue weighted by atomic mass is 35.5. The van der Waals surface area contributed by atoms with Gasteiger partial charge in [-0.3, -0.25) is 0 Å². The zero-order valence-corrected chi connectivity index (χ0v) is 16.3. The van der Waals surface area contributed by atoms with Crippen molar-refractivity contribution in [3.05, 3.63) is 94.5 Å². The number of unbranched alkanes of at least 4 members (excludes halogenated alkanes) is 2. The van der Waals surface area contributed by atoms with E-state index in [-0.39, 0.29) is 0 Å². The molecule has 0 fully saturated rings. The standard InChI is InChI=1S/C25H27Cl/c1-2-3-4-5-20-8-14-23(15-9-20)24-16-10-21(11-17-24)6-7-22-12-18-25(26)19-13-22/h8-19H,2-7H2,1H3. The number of hydrogen-bond acceptors (Lipinski definition) is 0.